The molecule has 4 aliphatic rings. The molecule has 3 N–H and O–H groups in total. The third-order valence-electron chi connectivity index (χ3n) is 11.7. The molecule has 12 nitrogen and oxygen atoms in total. The second kappa shape index (κ2) is 15.3. The molecule has 4 heterocycles. The lowest BCUT2D eigenvalue weighted by Gasteiger charge is -2.48. The van der Waals surface area contributed by atoms with Crippen molar-refractivity contribution in [2.45, 2.75) is 179 Å². The number of hydrogen-bond acceptors (Lipinski definition) is 12. The van der Waals surface area contributed by atoms with Crippen LogP contribution in [0.1, 0.15) is 101 Å². The molecule has 3 saturated heterocycles. The van der Waals surface area contributed by atoms with Crippen LogP contribution in [0.2, 0.25) is 0 Å². The lowest BCUT2D eigenvalue weighted by molar-refractivity contribution is -0.308. The molecule has 0 aromatic heterocycles. The Labute approximate surface area is 293 Å². The number of esters is 1. The number of likely N-dealkylation sites (N-methyl/N-ethyl adjacent to an activating group) is 1. The first kappa shape index (κ1) is 40.4. The van der Waals surface area contributed by atoms with E-state index in [1.54, 1.807) is 27.9 Å². The summed E-state index contributed by atoms with van der Waals surface area (Å²) in [5.74, 6) is -2.07. The van der Waals surface area contributed by atoms with Crippen molar-refractivity contribution in [1.82, 2.24) is 4.90 Å². The highest BCUT2D eigenvalue weighted by molar-refractivity contribution is 5.73. The van der Waals surface area contributed by atoms with Crippen molar-refractivity contribution >= 4 is 5.97 Å². The van der Waals surface area contributed by atoms with Crippen LogP contribution in [0.3, 0.4) is 0 Å². The van der Waals surface area contributed by atoms with Gasteiger partial charge in [0.05, 0.1) is 35.9 Å². The third kappa shape index (κ3) is 8.33. The molecular weight excluding hydrogens is 634 g/mol. The number of hydrogen-bond donors (Lipinski definition) is 3. The summed E-state index contributed by atoms with van der Waals surface area (Å²) in [5, 5.41) is 34.9. The smallest absolute Gasteiger partial charge is 0.311 e. The Kier molecular flexibility index (Phi) is 12.6. The van der Waals surface area contributed by atoms with E-state index in [1.165, 1.54) is 6.92 Å². The minimum Gasteiger partial charge on any atom is -0.489 e. The molecule has 4 aliphatic heterocycles. The number of ether oxygens (including phenoxy) is 7. The summed E-state index contributed by atoms with van der Waals surface area (Å²) < 4.78 is 45.1. The van der Waals surface area contributed by atoms with Gasteiger partial charge in [0.25, 0.3) is 0 Å². The first-order chi connectivity index (χ1) is 22.7. The van der Waals surface area contributed by atoms with Crippen LogP contribution in [0.15, 0.2) is 11.3 Å². The molecule has 3 fully saturated rings. The zero-order valence-corrected chi connectivity index (χ0v) is 32.1. The van der Waals surface area contributed by atoms with Crippen LogP contribution in [-0.4, -0.2) is 126 Å². The maximum absolute atomic E-state index is 14.1. The Balaban J connectivity index is 1.83. The molecule has 0 saturated carbocycles. The van der Waals surface area contributed by atoms with Crippen LogP contribution in [0, 0.1) is 17.8 Å². The van der Waals surface area contributed by atoms with Crippen LogP contribution in [-0.2, 0) is 38.0 Å². The Bertz CT molecular complexity index is 1180. The Morgan fingerprint density at radius 2 is 1.61 bits per heavy atom. The van der Waals surface area contributed by atoms with Crippen LogP contribution in [0.25, 0.3) is 0 Å². The van der Waals surface area contributed by atoms with Crippen molar-refractivity contribution in [2.75, 3.05) is 21.2 Å². The highest BCUT2D eigenvalue weighted by Crippen LogP contribution is 2.47. The number of fused-ring (bicyclic) bond motifs is 2. The van der Waals surface area contributed by atoms with Crippen molar-refractivity contribution < 1.29 is 53.3 Å². The molecule has 0 amide bonds. The van der Waals surface area contributed by atoms with Crippen LogP contribution < -0.4 is 0 Å². The fourth-order valence-electron chi connectivity index (χ4n) is 8.78. The highest BCUT2D eigenvalue weighted by atomic mass is 16.7. The monoisotopic (exact) mass is 699 g/mol. The van der Waals surface area contributed by atoms with Gasteiger partial charge in [-0.3, -0.25) is 4.79 Å². The van der Waals surface area contributed by atoms with E-state index < -0.39 is 83.6 Å². The van der Waals surface area contributed by atoms with Gasteiger partial charge in [-0.15, -0.1) is 0 Å². The molecule has 0 aliphatic carbocycles. The van der Waals surface area contributed by atoms with Gasteiger partial charge in [-0.2, -0.15) is 0 Å². The van der Waals surface area contributed by atoms with Crippen LogP contribution in [0.4, 0.5) is 0 Å². The maximum atomic E-state index is 14.1. The molecular formula is C37H65NO11. The fourth-order valence-corrected chi connectivity index (χ4v) is 8.78. The molecule has 49 heavy (non-hydrogen) atoms. The predicted molar refractivity (Wildman–Crippen MR) is 182 cm³/mol. The van der Waals surface area contributed by atoms with E-state index in [0.29, 0.717) is 31.4 Å². The molecule has 0 unspecified atom stereocenters. The van der Waals surface area contributed by atoms with E-state index in [-0.39, 0.29) is 24.7 Å². The Morgan fingerprint density at radius 1 is 0.959 bits per heavy atom. The summed E-state index contributed by atoms with van der Waals surface area (Å²) >= 11 is 0. The third-order valence-corrected chi connectivity index (χ3v) is 11.7. The summed E-state index contributed by atoms with van der Waals surface area (Å²) in [4.78, 5) is 16.1. The maximum Gasteiger partial charge on any atom is 0.311 e. The topological polar surface area (TPSA) is 146 Å². The zero-order valence-electron chi connectivity index (χ0n) is 32.1. The number of carbonyl (C=O) groups excluding carboxylic acids is 1. The standard InChI is InChI=1S/C37H65NO11/c1-14-26-37(10,42)31(40)22(5)29-19(2)16-36(9,49-29)32(48-34-28(39)25(38(11)12)15-20(3)45-34)23(6)30(24(7)33(41)46-26)47-27-18-35(8,43-13)17-21(4)44-27/h20-28,30-32,34,39-40,42H,14-18H2,1-13H3/t20-,21+,22+,23+,24-,25+,26-,27+,28-,30+,31-,32-,34+,35+,36-,37-/m1/s1. The van der Waals surface area contributed by atoms with Gasteiger partial charge in [0, 0.05) is 44.2 Å². The van der Waals surface area contributed by atoms with E-state index in [1.807, 2.05) is 60.5 Å². The van der Waals surface area contributed by atoms with Crippen LogP contribution in [0.5, 0.6) is 0 Å². The second-order valence-corrected chi connectivity index (χ2v) is 16.3. The SMILES string of the molecule is CC[C@H]1OC(=O)[C@H](C)[C@@H](O[C@H]2C[C@@](C)(OC)C[C@H](C)O2)[C@H](C)[C@@H](O[C@@H]2O[C@H](C)C[C@H](N(C)C)[C@H]2O)[C@@]2(C)CC(C)=C(O2)[C@H](C)[C@@H](O)[C@]1(C)O. The van der Waals surface area contributed by atoms with Crippen molar-refractivity contribution in [3.63, 3.8) is 0 Å². The van der Waals surface area contributed by atoms with E-state index >= 15 is 0 Å². The molecule has 0 aromatic rings. The fraction of sp³-hybridized carbons (Fsp3) is 0.919. The van der Waals surface area contributed by atoms with Crippen LogP contribution >= 0.6 is 0 Å². The molecule has 4 rings (SSSR count). The summed E-state index contributed by atoms with van der Waals surface area (Å²) in [7, 11) is 5.52. The average molecular weight is 700 g/mol. The number of cyclic esters (lactones) is 1. The summed E-state index contributed by atoms with van der Waals surface area (Å²) in [6.45, 7) is 18.7. The van der Waals surface area contributed by atoms with Crippen molar-refractivity contribution in [1.29, 1.82) is 0 Å². The van der Waals surface area contributed by atoms with Gasteiger partial charge < -0.3 is 53.4 Å². The lowest BCUT2D eigenvalue weighted by Crippen LogP contribution is -2.59. The minimum atomic E-state index is -1.79. The molecule has 0 aromatic carbocycles. The molecule has 0 spiro atoms. The Morgan fingerprint density at radius 3 is 2.20 bits per heavy atom. The molecule has 16 atom stereocenters. The molecule has 2 bridgehead atoms. The molecule has 284 valence electrons. The first-order valence-corrected chi connectivity index (χ1v) is 18.2. The quantitative estimate of drug-likeness (QED) is 0.331. The normalized spacial score (nSPS) is 48.8. The van der Waals surface area contributed by atoms with Gasteiger partial charge in [-0.25, -0.2) is 0 Å². The van der Waals surface area contributed by atoms with Crippen molar-refractivity contribution in [2.24, 2.45) is 17.8 Å². The number of rotatable bonds is 7. The summed E-state index contributed by atoms with van der Waals surface area (Å²) in [6, 6.07) is -0.209. The van der Waals surface area contributed by atoms with Gasteiger partial charge in [0.15, 0.2) is 12.6 Å². The van der Waals surface area contributed by atoms with Gasteiger partial charge in [-0.05, 0) is 81.0 Å². The predicted octanol–water partition coefficient (Wildman–Crippen LogP) is 3.92. The highest BCUT2D eigenvalue weighted by Gasteiger charge is 2.55. The van der Waals surface area contributed by atoms with E-state index in [9.17, 15) is 20.1 Å². The van der Waals surface area contributed by atoms with Crippen molar-refractivity contribution in [3.8, 4) is 0 Å². The number of aliphatic hydroxyl groups excluding tert-OH is 2. The molecule has 0 radical (unpaired) electrons. The minimum absolute atomic E-state index is 0.161. The summed E-state index contributed by atoms with van der Waals surface area (Å²) in [5.41, 5.74) is -2.41. The molecule has 12 heteroatoms. The second-order valence-electron chi connectivity index (χ2n) is 16.3. The number of methoxy groups -OCH3 is 1. The van der Waals surface area contributed by atoms with E-state index in [2.05, 4.69) is 0 Å². The Hall–Kier alpha value is -1.35. The van der Waals surface area contributed by atoms with Gasteiger partial charge in [-0.1, -0.05) is 20.8 Å². The zero-order chi connectivity index (χ0) is 36.8. The van der Waals surface area contributed by atoms with Crippen molar-refractivity contribution in [3.05, 3.63) is 11.3 Å². The van der Waals surface area contributed by atoms with E-state index in [4.69, 9.17) is 33.2 Å². The lowest BCUT2D eigenvalue weighted by atomic mass is 9.78. The number of nitrogens with zero attached hydrogens (tertiary/aromatic N) is 1. The average Bonchev–Trinajstić information content (AvgIpc) is 3.34. The summed E-state index contributed by atoms with van der Waals surface area (Å²) in [6.07, 6.45) is -4.48. The van der Waals surface area contributed by atoms with E-state index in [0.717, 1.165) is 5.57 Å². The number of carbonyl (C=O) groups is 1. The van der Waals surface area contributed by atoms with Gasteiger partial charge in [0.2, 0.25) is 0 Å². The van der Waals surface area contributed by atoms with Gasteiger partial charge >= 0.3 is 5.97 Å². The van der Waals surface area contributed by atoms with Gasteiger partial charge in [0.1, 0.15) is 35.3 Å². The largest absolute Gasteiger partial charge is 0.489 e. The number of aliphatic hydroxyl groups is 3. The first-order valence-electron chi connectivity index (χ1n) is 18.2.